The van der Waals surface area contributed by atoms with E-state index in [1.54, 1.807) is 0 Å². The first kappa shape index (κ1) is 16.8. The van der Waals surface area contributed by atoms with Crippen molar-refractivity contribution in [2.75, 3.05) is 0 Å². The van der Waals surface area contributed by atoms with Gasteiger partial charge in [-0.15, -0.1) is 0 Å². The first-order chi connectivity index (χ1) is 10.4. The maximum Gasteiger partial charge on any atom is -0.0321 e. The Labute approximate surface area is 139 Å². The van der Waals surface area contributed by atoms with Crippen LogP contribution in [-0.2, 0) is 0 Å². The van der Waals surface area contributed by atoms with E-state index in [9.17, 15) is 0 Å². The Morgan fingerprint density at radius 1 is 0.545 bits per heavy atom. The van der Waals surface area contributed by atoms with Crippen molar-refractivity contribution in [2.24, 2.45) is 59.2 Å². The molecule has 0 aliphatic heterocycles. The molecule has 0 bridgehead atoms. The van der Waals surface area contributed by atoms with Crippen molar-refractivity contribution < 1.29 is 0 Å². The summed E-state index contributed by atoms with van der Waals surface area (Å²) in [7, 11) is 0. The van der Waals surface area contributed by atoms with E-state index in [0.29, 0.717) is 0 Å². The summed E-state index contributed by atoms with van der Waals surface area (Å²) in [5.74, 6) is 9.95. The maximum atomic E-state index is 2.58. The van der Waals surface area contributed by atoms with Crippen LogP contribution in [0.1, 0.15) is 80.1 Å². The van der Waals surface area contributed by atoms with Gasteiger partial charge >= 0.3 is 0 Å². The fourth-order valence-electron chi connectivity index (χ4n) is 6.98. The predicted octanol–water partition coefficient (Wildman–Crippen LogP) is 6.65. The van der Waals surface area contributed by atoms with Gasteiger partial charge in [0.25, 0.3) is 0 Å². The molecule has 0 amide bonds. The minimum Gasteiger partial charge on any atom is -0.0625 e. The highest BCUT2D eigenvalue weighted by molar-refractivity contribution is 5.04. The third-order valence-electron chi connectivity index (χ3n) is 8.97. The summed E-state index contributed by atoms with van der Waals surface area (Å²) in [6.07, 6.45) is 9.11. The SMILES string of the molecule is CC1CCC(CCC2C(C)C(C)C3C(C)C(C)C(C)C23)CC1. The minimum atomic E-state index is 0.947. The zero-order valence-corrected chi connectivity index (χ0v) is 16.0. The Hall–Kier alpha value is 0. The molecule has 3 rings (SSSR count). The lowest BCUT2D eigenvalue weighted by Crippen LogP contribution is -2.23. The van der Waals surface area contributed by atoms with E-state index in [1.165, 1.54) is 38.5 Å². The molecule has 0 saturated heterocycles. The van der Waals surface area contributed by atoms with Crippen molar-refractivity contribution in [1.82, 2.24) is 0 Å². The van der Waals surface area contributed by atoms with Gasteiger partial charge in [0.1, 0.15) is 0 Å². The van der Waals surface area contributed by atoms with Gasteiger partial charge in [0.15, 0.2) is 0 Å². The van der Waals surface area contributed by atoms with E-state index in [2.05, 4.69) is 41.5 Å². The van der Waals surface area contributed by atoms with Crippen LogP contribution in [0.4, 0.5) is 0 Å². The van der Waals surface area contributed by atoms with Gasteiger partial charge in [-0.1, -0.05) is 73.6 Å². The molecule has 0 heteroatoms. The highest BCUT2D eigenvalue weighted by Crippen LogP contribution is 2.61. The average molecular weight is 305 g/mol. The summed E-state index contributed by atoms with van der Waals surface area (Å²) in [5, 5.41) is 0. The van der Waals surface area contributed by atoms with E-state index in [-0.39, 0.29) is 0 Å². The summed E-state index contributed by atoms with van der Waals surface area (Å²) in [4.78, 5) is 0. The third kappa shape index (κ3) is 2.78. The topological polar surface area (TPSA) is 0 Å². The quantitative estimate of drug-likeness (QED) is 0.547. The molecule has 8 unspecified atom stereocenters. The fraction of sp³-hybridized carbons (Fsp3) is 1.00. The van der Waals surface area contributed by atoms with Crippen molar-refractivity contribution in [3.8, 4) is 0 Å². The summed E-state index contributed by atoms with van der Waals surface area (Å²) in [5.41, 5.74) is 0. The van der Waals surface area contributed by atoms with Crippen LogP contribution < -0.4 is 0 Å². The van der Waals surface area contributed by atoms with E-state index in [0.717, 1.165) is 59.2 Å². The summed E-state index contributed by atoms with van der Waals surface area (Å²) < 4.78 is 0. The maximum absolute atomic E-state index is 2.58. The molecule has 22 heavy (non-hydrogen) atoms. The Kier molecular flexibility index (Phi) is 4.96. The Morgan fingerprint density at radius 3 is 1.73 bits per heavy atom. The Balaban J connectivity index is 1.63. The number of fused-ring (bicyclic) bond motifs is 1. The molecule has 0 N–H and O–H groups in total. The minimum absolute atomic E-state index is 0.947. The van der Waals surface area contributed by atoms with Crippen molar-refractivity contribution in [1.29, 1.82) is 0 Å². The van der Waals surface area contributed by atoms with Gasteiger partial charge in [-0.3, -0.25) is 0 Å². The largest absolute Gasteiger partial charge is 0.0625 e. The molecule has 0 aromatic carbocycles. The molecular formula is C22H40. The fourth-order valence-corrected chi connectivity index (χ4v) is 6.98. The van der Waals surface area contributed by atoms with Gasteiger partial charge in [0.2, 0.25) is 0 Å². The lowest BCUT2D eigenvalue weighted by atomic mass is 9.74. The first-order valence-electron chi connectivity index (χ1n) is 10.4. The van der Waals surface area contributed by atoms with Crippen molar-refractivity contribution in [3.63, 3.8) is 0 Å². The van der Waals surface area contributed by atoms with Crippen molar-refractivity contribution in [2.45, 2.75) is 80.1 Å². The molecule has 3 saturated carbocycles. The third-order valence-corrected chi connectivity index (χ3v) is 8.97. The highest BCUT2D eigenvalue weighted by atomic mass is 14.6. The van der Waals surface area contributed by atoms with Crippen LogP contribution in [0.15, 0.2) is 0 Å². The van der Waals surface area contributed by atoms with E-state index in [4.69, 9.17) is 0 Å². The summed E-state index contributed by atoms with van der Waals surface area (Å²) in [6.45, 7) is 15.3. The predicted molar refractivity (Wildman–Crippen MR) is 96.6 cm³/mol. The monoisotopic (exact) mass is 304 g/mol. The van der Waals surface area contributed by atoms with Crippen LogP contribution in [0.2, 0.25) is 0 Å². The second-order valence-electron chi connectivity index (χ2n) is 9.82. The zero-order valence-electron chi connectivity index (χ0n) is 16.0. The normalized spacial score (nSPS) is 55.4. The lowest BCUT2D eigenvalue weighted by Gasteiger charge is -2.31. The van der Waals surface area contributed by atoms with Crippen molar-refractivity contribution in [3.05, 3.63) is 0 Å². The summed E-state index contributed by atoms with van der Waals surface area (Å²) in [6, 6.07) is 0. The summed E-state index contributed by atoms with van der Waals surface area (Å²) >= 11 is 0. The van der Waals surface area contributed by atoms with E-state index >= 15 is 0 Å². The van der Waals surface area contributed by atoms with Crippen LogP contribution in [0.5, 0.6) is 0 Å². The second-order valence-corrected chi connectivity index (χ2v) is 9.82. The highest BCUT2D eigenvalue weighted by Gasteiger charge is 2.56. The molecule has 0 radical (unpaired) electrons. The molecule has 8 atom stereocenters. The van der Waals surface area contributed by atoms with Gasteiger partial charge in [-0.25, -0.2) is 0 Å². The Bertz CT molecular complexity index is 364. The first-order valence-corrected chi connectivity index (χ1v) is 10.4. The second kappa shape index (κ2) is 6.48. The molecule has 0 aromatic rings. The van der Waals surface area contributed by atoms with Crippen LogP contribution in [0, 0.1) is 59.2 Å². The number of hydrogen-bond acceptors (Lipinski definition) is 0. The van der Waals surface area contributed by atoms with E-state index < -0.39 is 0 Å². The van der Waals surface area contributed by atoms with Crippen LogP contribution >= 0.6 is 0 Å². The molecule has 128 valence electrons. The van der Waals surface area contributed by atoms with Gasteiger partial charge < -0.3 is 0 Å². The molecule has 3 aliphatic rings. The molecule has 0 aromatic heterocycles. The smallest absolute Gasteiger partial charge is 0.0321 e. The van der Waals surface area contributed by atoms with Crippen molar-refractivity contribution >= 4 is 0 Å². The van der Waals surface area contributed by atoms with Crippen LogP contribution in [0.3, 0.4) is 0 Å². The Morgan fingerprint density at radius 2 is 1.09 bits per heavy atom. The van der Waals surface area contributed by atoms with Gasteiger partial charge in [0.05, 0.1) is 0 Å². The number of hydrogen-bond donors (Lipinski definition) is 0. The van der Waals surface area contributed by atoms with Gasteiger partial charge in [0, 0.05) is 0 Å². The number of rotatable bonds is 3. The molecule has 3 aliphatic carbocycles. The molecule has 0 heterocycles. The molecule has 0 nitrogen and oxygen atoms in total. The standard InChI is InChI=1S/C22H40/c1-13-7-9-19(10-8-13)11-12-20-15(3)18(6)21-16(4)14(2)17(5)22(20)21/h13-22H,7-12H2,1-6H3. The van der Waals surface area contributed by atoms with E-state index in [1.807, 2.05) is 0 Å². The zero-order chi connectivity index (χ0) is 16.0. The average Bonchev–Trinajstić information content (AvgIpc) is 2.88. The lowest BCUT2D eigenvalue weighted by molar-refractivity contribution is 0.187. The van der Waals surface area contributed by atoms with Crippen LogP contribution in [0.25, 0.3) is 0 Å². The molecule has 0 spiro atoms. The molecular weight excluding hydrogens is 264 g/mol. The molecule has 3 fully saturated rings. The van der Waals surface area contributed by atoms with Gasteiger partial charge in [-0.05, 0) is 65.6 Å². The van der Waals surface area contributed by atoms with Gasteiger partial charge in [-0.2, -0.15) is 0 Å². The van der Waals surface area contributed by atoms with Crippen LogP contribution in [-0.4, -0.2) is 0 Å².